The number of nitrogens with one attached hydrogen (secondary N) is 1. The molecule has 0 saturated heterocycles. The van der Waals surface area contributed by atoms with Crippen LogP contribution in [0.15, 0.2) is 36.7 Å². The van der Waals surface area contributed by atoms with Gasteiger partial charge in [0.15, 0.2) is 0 Å². The van der Waals surface area contributed by atoms with Crippen molar-refractivity contribution in [1.29, 1.82) is 0 Å². The molecule has 0 saturated carbocycles. The highest BCUT2D eigenvalue weighted by Crippen LogP contribution is 2.20. The monoisotopic (exact) mass is 218 g/mol. The first kappa shape index (κ1) is 11.3. The number of aliphatic hydroxyl groups is 1. The van der Waals surface area contributed by atoms with Gasteiger partial charge < -0.3 is 10.4 Å². The van der Waals surface area contributed by atoms with Crippen LogP contribution in [-0.4, -0.2) is 22.7 Å². The van der Waals surface area contributed by atoms with Crippen molar-refractivity contribution in [1.82, 2.24) is 10.3 Å². The van der Waals surface area contributed by atoms with Gasteiger partial charge >= 0.3 is 0 Å². The highest BCUT2D eigenvalue weighted by Gasteiger charge is 2.19. The Morgan fingerprint density at radius 3 is 2.81 bits per heavy atom. The first-order chi connectivity index (χ1) is 7.79. The zero-order chi connectivity index (χ0) is 11.4. The van der Waals surface area contributed by atoms with Crippen molar-refractivity contribution < 1.29 is 5.11 Å². The molecule has 3 nitrogen and oxygen atoms in total. The molecule has 86 valence electrons. The summed E-state index contributed by atoms with van der Waals surface area (Å²) in [6, 6.07) is 4.75. The fraction of sp³-hybridized carbons (Fsp3) is 0.462. The number of hydrogen-bond donors (Lipinski definition) is 2. The van der Waals surface area contributed by atoms with Crippen LogP contribution in [0.4, 0.5) is 0 Å². The average molecular weight is 218 g/mol. The highest BCUT2D eigenvalue weighted by molar-refractivity contribution is 5.16. The van der Waals surface area contributed by atoms with Gasteiger partial charge in [-0.05, 0) is 31.0 Å². The molecule has 1 heterocycles. The predicted molar refractivity (Wildman–Crippen MR) is 63.9 cm³/mol. The Balaban J connectivity index is 1.89. The van der Waals surface area contributed by atoms with Crippen LogP contribution in [0.2, 0.25) is 0 Å². The van der Waals surface area contributed by atoms with Gasteiger partial charge in [0.1, 0.15) is 0 Å². The Kier molecular flexibility index (Phi) is 3.70. The number of nitrogens with zero attached hydrogens (tertiary/aromatic N) is 1. The van der Waals surface area contributed by atoms with Crippen molar-refractivity contribution in [2.24, 2.45) is 5.92 Å². The van der Waals surface area contributed by atoms with Crippen molar-refractivity contribution in [3.63, 3.8) is 0 Å². The van der Waals surface area contributed by atoms with E-state index in [0.29, 0.717) is 18.0 Å². The molecule has 0 spiro atoms. The normalized spacial score (nSPS) is 25.9. The largest absolute Gasteiger partial charge is 0.396 e. The first-order valence-electron chi connectivity index (χ1n) is 5.74. The molecule has 0 amide bonds. The van der Waals surface area contributed by atoms with Gasteiger partial charge in [-0.15, -0.1) is 0 Å². The average Bonchev–Trinajstić information content (AvgIpc) is 2.78. The molecule has 0 aromatic carbocycles. The maximum absolute atomic E-state index is 9.05. The van der Waals surface area contributed by atoms with E-state index < -0.39 is 0 Å². The van der Waals surface area contributed by atoms with Gasteiger partial charge in [0.2, 0.25) is 0 Å². The van der Waals surface area contributed by atoms with Gasteiger partial charge in [-0.1, -0.05) is 12.2 Å². The van der Waals surface area contributed by atoms with Crippen molar-refractivity contribution in [3.8, 4) is 0 Å². The summed E-state index contributed by atoms with van der Waals surface area (Å²) in [5.41, 5.74) is 1.25. The summed E-state index contributed by atoms with van der Waals surface area (Å²) in [6.45, 7) is 2.40. The van der Waals surface area contributed by atoms with Crippen LogP contribution in [0.25, 0.3) is 0 Å². The molecule has 1 aliphatic rings. The molecule has 1 aromatic rings. The minimum atomic E-state index is 0.248. The standard InChI is InChI=1S/C13H18N2O/c1-10(12-4-6-14-7-5-12)15-13-3-2-11(8-13)9-16/h2-7,10-11,13,15-16H,8-9H2,1H3/t10?,11-,13+/m0/s1. The Bertz CT molecular complexity index is 350. The van der Waals surface area contributed by atoms with Gasteiger partial charge in [-0.3, -0.25) is 4.98 Å². The maximum Gasteiger partial charge on any atom is 0.0494 e. The molecule has 1 aliphatic carbocycles. The van der Waals surface area contributed by atoms with Crippen LogP contribution in [0.3, 0.4) is 0 Å². The SMILES string of the molecule is CC(N[C@@H]1C=C[C@H](CO)C1)c1ccncc1. The van der Waals surface area contributed by atoms with Crippen molar-refractivity contribution in [3.05, 3.63) is 42.2 Å². The summed E-state index contributed by atoms with van der Waals surface area (Å²) in [7, 11) is 0. The van der Waals surface area contributed by atoms with Gasteiger partial charge in [-0.25, -0.2) is 0 Å². The minimum Gasteiger partial charge on any atom is -0.396 e. The lowest BCUT2D eigenvalue weighted by Gasteiger charge is -2.19. The molecule has 2 rings (SSSR count). The van der Waals surface area contributed by atoms with E-state index in [0.717, 1.165) is 6.42 Å². The van der Waals surface area contributed by atoms with Gasteiger partial charge in [0.25, 0.3) is 0 Å². The maximum atomic E-state index is 9.05. The molecule has 16 heavy (non-hydrogen) atoms. The molecule has 2 N–H and O–H groups in total. The molecule has 1 unspecified atom stereocenters. The van der Waals surface area contributed by atoms with Crippen molar-refractivity contribution in [2.75, 3.05) is 6.61 Å². The summed E-state index contributed by atoms with van der Waals surface area (Å²) >= 11 is 0. The minimum absolute atomic E-state index is 0.248. The molecule has 3 atom stereocenters. The zero-order valence-electron chi connectivity index (χ0n) is 9.50. The van der Waals surface area contributed by atoms with E-state index in [4.69, 9.17) is 5.11 Å². The van der Waals surface area contributed by atoms with Crippen LogP contribution < -0.4 is 5.32 Å². The highest BCUT2D eigenvalue weighted by atomic mass is 16.3. The topological polar surface area (TPSA) is 45.1 Å². The van der Waals surface area contributed by atoms with Crippen LogP contribution >= 0.6 is 0 Å². The Morgan fingerprint density at radius 1 is 1.44 bits per heavy atom. The van der Waals surface area contributed by atoms with Gasteiger partial charge in [0, 0.05) is 37.0 Å². The van der Waals surface area contributed by atoms with Gasteiger partial charge in [-0.2, -0.15) is 0 Å². The molecule has 1 aromatic heterocycles. The smallest absolute Gasteiger partial charge is 0.0494 e. The lowest BCUT2D eigenvalue weighted by Crippen LogP contribution is -2.29. The molecule has 0 fully saturated rings. The van der Waals surface area contributed by atoms with Crippen LogP contribution in [0.5, 0.6) is 0 Å². The lowest BCUT2D eigenvalue weighted by molar-refractivity contribution is 0.245. The van der Waals surface area contributed by atoms with Crippen molar-refractivity contribution >= 4 is 0 Å². The summed E-state index contributed by atoms with van der Waals surface area (Å²) < 4.78 is 0. The summed E-state index contributed by atoms with van der Waals surface area (Å²) in [4.78, 5) is 4.01. The predicted octanol–water partition coefficient (Wildman–Crippen LogP) is 1.67. The summed E-state index contributed by atoms with van der Waals surface area (Å²) in [6.07, 6.45) is 8.87. The number of aromatic nitrogens is 1. The van der Waals surface area contributed by atoms with E-state index in [9.17, 15) is 0 Å². The van der Waals surface area contributed by atoms with Crippen molar-refractivity contribution in [2.45, 2.75) is 25.4 Å². The number of hydrogen-bond acceptors (Lipinski definition) is 3. The van der Waals surface area contributed by atoms with E-state index in [1.165, 1.54) is 5.56 Å². The molecule has 0 bridgehead atoms. The van der Waals surface area contributed by atoms with Crippen LogP contribution in [0.1, 0.15) is 24.9 Å². The fourth-order valence-electron chi connectivity index (χ4n) is 2.10. The zero-order valence-corrected chi connectivity index (χ0v) is 9.50. The summed E-state index contributed by atoms with van der Waals surface area (Å²) in [5, 5.41) is 12.6. The second-order valence-electron chi connectivity index (χ2n) is 4.34. The molecule has 0 aliphatic heterocycles. The Hall–Kier alpha value is -1.19. The van der Waals surface area contributed by atoms with E-state index in [2.05, 4.69) is 29.4 Å². The second-order valence-corrected chi connectivity index (χ2v) is 4.34. The van der Waals surface area contributed by atoms with E-state index >= 15 is 0 Å². The van der Waals surface area contributed by atoms with E-state index in [1.54, 1.807) is 0 Å². The quantitative estimate of drug-likeness (QED) is 0.756. The number of aliphatic hydroxyl groups excluding tert-OH is 1. The summed E-state index contributed by atoms with van der Waals surface area (Å²) in [5.74, 6) is 0.321. The number of pyridine rings is 1. The van der Waals surface area contributed by atoms with E-state index in [1.807, 2.05) is 24.5 Å². The second kappa shape index (κ2) is 5.23. The fourth-order valence-corrected chi connectivity index (χ4v) is 2.10. The van der Waals surface area contributed by atoms with E-state index in [-0.39, 0.29) is 6.61 Å². The third-order valence-electron chi connectivity index (χ3n) is 3.08. The third kappa shape index (κ3) is 2.68. The van der Waals surface area contributed by atoms with Gasteiger partial charge in [0.05, 0.1) is 0 Å². The first-order valence-corrected chi connectivity index (χ1v) is 5.74. The van der Waals surface area contributed by atoms with Crippen LogP contribution in [-0.2, 0) is 0 Å². The third-order valence-corrected chi connectivity index (χ3v) is 3.08. The molecular weight excluding hydrogens is 200 g/mol. The molecule has 0 radical (unpaired) electrons. The van der Waals surface area contributed by atoms with Crippen LogP contribution in [0, 0.1) is 5.92 Å². The Morgan fingerprint density at radius 2 is 2.19 bits per heavy atom. The molecular formula is C13H18N2O. The lowest BCUT2D eigenvalue weighted by atomic mass is 10.1. The Labute approximate surface area is 96.2 Å². The molecule has 3 heteroatoms. The number of rotatable bonds is 4.